The number of aryl methyl sites for hydroxylation is 3. The van der Waals surface area contributed by atoms with Gasteiger partial charge in [-0.2, -0.15) is 4.31 Å². The molecule has 3 aromatic carbocycles. The van der Waals surface area contributed by atoms with E-state index >= 15 is 0 Å². The quantitative estimate of drug-likeness (QED) is 0.195. The van der Waals surface area contributed by atoms with Crippen LogP contribution in [0, 0.1) is 6.92 Å². The highest BCUT2D eigenvalue weighted by atomic mass is 35.5. The number of benzene rings is 3. The molecule has 1 aliphatic heterocycles. The normalized spacial score (nSPS) is 19.1. The molecule has 2 atom stereocenters. The van der Waals surface area contributed by atoms with E-state index in [-0.39, 0.29) is 24.4 Å². The van der Waals surface area contributed by atoms with Crippen LogP contribution in [0.5, 0.6) is 5.75 Å². The highest BCUT2D eigenvalue weighted by Gasteiger charge is 2.36. The Bertz CT molecular complexity index is 1720. The predicted molar refractivity (Wildman–Crippen MR) is 172 cm³/mol. The van der Waals surface area contributed by atoms with Crippen LogP contribution in [0.2, 0.25) is 5.02 Å². The molecule has 1 aromatic heterocycles. The van der Waals surface area contributed by atoms with Crippen LogP contribution in [-0.4, -0.2) is 53.6 Å². The standard InChI is InChI=1S/C33H39ClN4O5S/c1-5-25-19-38(44(40,41)31-16-24(34)10-13-30(31)43-25)18-23-15-22(14-21-8-7-9-27(21)23)28(17-32(39)42-6-2)26-11-12-29-33(20(26)3)35-36-37(29)4/h10-16,25,28,40-41H,5-9,17-19H2,1-4H3/t25-,28?/m1/s1. The van der Waals surface area contributed by atoms with Crippen molar-refractivity contribution in [3.05, 3.63) is 80.9 Å². The molecule has 1 aliphatic carbocycles. The minimum absolute atomic E-state index is 0.176. The molecule has 0 spiro atoms. The summed E-state index contributed by atoms with van der Waals surface area (Å²) >= 11 is 6.31. The summed E-state index contributed by atoms with van der Waals surface area (Å²) < 4.78 is 38.6. The average Bonchev–Trinajstić information content (AvgIpc) is 3.61. The van der Waals surface area contributed by atoms with E-state index in [1.54, 1.807) is 27.2 Å². The number of fused-ring (bicyclic) bond motifs is 3. The molecule has 2 aliphatic rings. The number of rotatable bonds is 8. The highest BCUT2D eigenvalue weighted by Crippen LogP contribution is 2.58. The van der Waals surface area contributed by atoms with E-state index < -0.39 is 10.8 Å². The van der Waals surface area contributed by atoms with E-state index in [0.29, 0.717) is 41.8 Å². The number of halogens is 1. The molecule has 0 bridgehead atoms. The smallest absolute Gasteiger partial charge is 0.306 e. The fraction of sp³-hybridized carbons (Fsp3) is 0.424. The SMILES string of the molecule is CCOC(=O)CC(c1cc2c(c(CN3C[C@@H](CC)Oc4ccc(Cl)cc4S3(O)O)c1)CCC2)c1ccc2c(nnn2C)c1C. The zero-order chi connectivity index (χ0) is 31.2. The first-order valence-electron chi connectivity index (χ1n) is 15.2. The van der Waals surface area contributed by atoms with Gasteiger partial charge in [-0.1, -0.05) is 41.9 Å². The minimum Gasteiger partial charge on any atom is -0.487 e. The second-order valence-corrected chi connectivity index (χ2v) is 14.1. The van der Waals surface area contributed by atoms with Crippen LogP contribution in [0.4, 0.5) is 0 Å². The topological polar surface area (TPSA) is 110 Å². The molecule has 1 unspecified atom stereocenters. The van der Waals surface area contributed by atoms with Gasteiger partial charge in [0.2, 0.25) is 0 Å². The number of carbonyl (C=O) groups excluding carboxylic acids is 1. The van der Waals surface area contributed by atoms with Crippen LogP contribution < -0.4 is 4.74 Å². The third kappa shape index (κ3) is 5.70. The van der Waals surface area contributed by atoms with Gasteiger partial charge in [-0.25, -0.2) is 4.68 Å². The Morgan fingerprint density at radius 1 is 1.18 bits per heavy atom. The van der Waals surface area contributed by atoms with Gasteiger partial charge in [0.1, 0.15) is 22.3 Å². The third-order valence-electron chi connectivity index (χ3n) is 8.93. The number of esters is 1. The molecule has 6 rings (SSSR count). The molecule has 2 heterocycles. The first kappa shape index (κ1) is 30.9. The molecule has 4 aromatic rings. The van der Waals surface area contributed by atoms with Gasteiger partial charge < -0.3 is 9.47 Å². The molecular formula is C33H39ClN4O5S. The zero-order valence-electron chi connectivity index (χ0n) is 25.5. The molecule has 9 nitrogen and oxygen atoms in total. The number of carbonyl (C=O) groups is 1. The van der Waals surface area contributed by atoms with Gasteiger partial charge in [0.05, 0.1) is 25.1 Å². The zero-order valence-corrected chi connectivity index (χ0v) is 27.1. The van der Waals surface area contributed by atoms with Crippen LogP contribution in [0.3, 0.4) is 0 Å². The predicted octanol–water partition coefficient (Wildman–Crippen LogP) is 7.20. The summed E-state index contributed by atoms with van der Waals surface area (Å²) in [5, 5.41) is 9.03. The van der Waals surface area contributed by atoms with Crippen molar-refractivity contribution in [2.45, 2.75) is 76.3 Å². The van der Waals surface area contributed by atoms with Crippen LogP contribution >= 0.6 is 22.4 Å². The van der Waals surface area contributed by atoms with Crippen LogP contribution in [0.1, 0.15) is 72.4 Å². The average molecular weight is 639 g/mol. The summed E-state index contributed by atoms with van der Waals surface area (Å²) in [4.78, 5) is 13.3. The lowest BCUT2D eigenvalue weighted by molar-refractivity contribution is -0.143. The number of hydrogen-bond acceptors (Lipinski definition) is 8. The van der Waals surface area contributed by atoms with Gasteiger partial charge in [-0.3, -0.25) is 13.9 Å². The van der Waals surface area contributed by atoms with Gasteiger partial charge in [0, 0.05) is 24.5 Å². The largest absolute Gasteiger partial charge is 0.487 e. The molecule has 11 heteroatoms. The number of hydrogen-bond donors (Lipinski definition) is 2. The summed E-state index contributed by atoms with van der Waals surface area (Å²) in [5.41, 5.74) is 8.21. The van der Waals surface area contributed by atoms with E-state index in [1.165, 1.54) is 11.1 Å². The first-order valence-corrected chi connectivity index (χ1v) is 17.1. The summed E-state index contributed by atoms with van der Waals surface area (Å²) in [6.45, 7) is 6.85. The lowest BCUT2D eigenvalue weighted by Crippen LogP contribution is -2.34. The van der Waals surface area contributed by atoms with Crippen molar-refractivity contribution in [2.24, 2.45) is 7.05 Å². The molecule has 0 saturated carbocycles. The first-order chi connectivity index (χ1) is 21.1. The lowest BCUT2D eigenvalue weighted by Gasteiger charge is -2.42. The van der Waals surface area contributed by atoms with E-state index in [1.807, 2.05) is 33.9 Å². The van der Waals surface area contributed by atoms with Crippen LogP contribution in [-0.2, 0) is 36.0 Å². The lowest BCUT2D eigenvalue weighted by atomic mass is 9.83. The molecular weight excluding hydrogens is 600 g/mol. The molecule has 44 heavy (non-hydrogen) atoms. The fourth-order valence-corrected chi connectivity index (χ4v) is 8.50. The van der Waals surface area contributed by atoms with Crippen molar-refractivity contribution in [1.29, 1.82) is 0 Å². The molecule has 0 fully saturated rings. The summed E-state index contributed by atoms with van der Waals surface area (Å²) in [5.74, 6) is -0.0933. The van der Waals surface area contributed by atoms with Gasteiger partial charge in [-0.05, 0) is 97.2 Å². The molecule has 0 radical (unpaired) electrons. The third-order valence-corrected chi connectivity index (χ3v) is 11.1. The Morgan fingerprint density at radius 2 is 2.00 bits per heavy atom. The fourth-order valence-electron chi connectivity index (χ4n) is 6.62. The second-order valence-electron chi connectivity index (χ2n) is 11.7. The molecule has 234 valence electrons. The maximum absolute atomic E-state index is 13.0. The van der Waals surface area contributed by atoms with Crippen molar-refractivity contribution >= 4 is 39.4 Å². The summed E-state index contributed by atoms with van der Waals surface area (Å²) in [6.07, 6.45) is 3.53. The second kappa shape index (κ2) is 12.3. The van der Waals surface area contributed by atoms with E-state index in [0.717, 1.165) is 52.5 Å². The van der Waals surface area contributed by atoms with Crippen molar-refractivity contribution < 1.29 is 23.4 Å². The highest BCUT2D eigenvalue weighted by molar-refractivity contribution is 8.22. The number of ether oxygens (including phenoxy) is 2. The van der Waals surface area contributed by atoms with E-state index in [4.69, 9.17) is 21.1 Å². The monoisotopic (exact) mass is 638 g/mol. The Hall–Kier alpha value is -3.15. The van der Waals surface area contributed by atoms with Gasteiger partial charge in [0.25, 0.3) is 0 Å². The Labute approximate surface area is 264 Å². The number of nitrogens with zero attached hydrogens (tertiary/aromatic N) is 4. The Kier molecular flexibility index (Phi) is 8.65. The molecule has 0 saturated heterocycles. The van der Waals surface area contributed by atoms with Gasteiger partial charge in [0.15, 0.2) is 0 Å². The van der Waals surface area contributed by atoms with Crippen LogP contribution in [0.25, 0.3) is 11.0 Å². The summed E-state index contributed by atoms with van der Waals surface area (Å²) in [7, 11) is -1.54. The van der Waals surface area contributed by atoms with Crippen molar-refractivity contribution in [3.8, 4) is 5.75 Å². The minimum atomic E-state index is -3.41. The summed E-state index contributed by atoms with van der Waals surface area (Å²) in [6, 6.07) is 13.5. The molecule has 0 amide bonds. The van der Waals surface area contributed by atoms with Gasteiger partial charge >= 0.3 is 5.97 Å². The van der Waals surface area contributed by atoms with E-state index in [9.17, 15) is 13.9 Å². The van der Waals surface area contributed by atoms with Crippen molar-refractivity contribution in [3.63, 3.8) is 0 Å². The maximum Gasteiger partial charge on any atom is 0.306 e. The Balaban J connectivity index is 1.45. The van der Waals surface area contributed by atoms with Crippen molar-refractivity contribution in [1.82, 2.24) is 19.3 Å². The maximum atomic E-state index is 13.0. The van der Waals surface area contributed by atoms with Gasteiger partial charge in [-0.15, -0.1) is 15.9 Å². The van der Waals surface area contributed by atoms with Crippen LogP contribution in [0.15, 0.2) is 47.4 Å². The van der Waals surface area contributed by atoms with E-state index in [2.05, 4.69) is 28.5 Å². The Morgan fingerprint density at radius 3 is 2.77 bits per heavy atom. The van der Waals surface area contributed by atoms with Crippen molar-refractivity contribution in [2.75, 3.05) is 13.2 Å². The number of aromatic nitrogens is 3. The molecule has 2 N–H and O–H groups in total.